The molecule has 0 fully saturated rings. The van der Waals surface area contributed by atoms with Crippen LogP contribution in [0.3, 0.4) is 0 Å². The van der Waals surface area contributed by atoms with Crippen LogP contribution in [0.2, 0.25) is 0 Å². The minimum atomic E-state index is -0.439. The molecule has 148 valence electrons. The van der Waals surface area contributed by atoms with Gasteiger partial charge in [0, 0.05) is 11.0 Å². The van der Waals surface area contributed by atoms with Crippen LogP contribution in [0, 0.1) is 0 Å². The zero-order valence-corrected chi connectivity index (χ0v) is 18.5. The summed E-state index contributed by atoms with van der Waals surface area (Å²) >= 11 is 9.92. The van der Waals surface area contributed by atoms with Crippen LogP contribution in [-0.4, -0.2) is 23.5 Å². The van der Waals surface area contributed by atoms with Gasteiger partial charge in [0.25, 0.3) is 5.91 Å². The number of carbonyl (C=O) groups excluding carboxylic acids is 2. The summed E-state index contributed by atoms with van der Waals surface area (Å²) in [5.74, 6) is 0.125. The Morgan fingerprint density at radius 2 is 2.07 bits per heavy atom. The van der Waals surface area contributed by atoms with Gasteiger partial charge in [-0.2, -0.15) is 0 Å². The van der Waals surface area contributed by atoms with Crippen molar-refractivity contribution in [3.05, 3.63) is 56.7 Å². The molecule has 0 aliphatic heterocycles. The summed E-state index contributed by atoms with van der Waals surface area (Å²) in [5, 5.41) is 4.33. The molecule has 0 aliphatic rings. The largest absolute Gasteiger partial charge is 0.483 e. The minimum Gasteiger partial charge on any atom is -0.483 e. The molecule has 0 aliphatic carbocycles. The fourth-order valence-electron chi connectivity index (χ4n) is 2.03. The van der Waals surface area contributed by atoms with Gasteiger partial charge in [-0.25, -0.2) is 0 Å². The van der Waals surface area contributed by atoms with Gasteiger partial charge in [-0.15, -0.1) is 11.3 Å². The molecule has 0 saturated heterocycles. The fraction of sp³-hybridized carbons (Fsp3) is 0.211. The number of benzene rings is 1. The number of hydrazine groups is 1. The number of rotatable bonds is 6. The van der Waals surface area contributed by atoms with E-state index in [4.69, 9.17) is 17.0 Å². The third-order valence-corrected chi connectivity index (χ3v) is 5.14. The Bertz CT molecular complexity index is 867. The van der Waals surface area contributed by atoms with Crippen LogP contribution < -0.4 is 20.9 Å². The summed E-state index contributed by atoms with van der Waals surface area (Å²) in [6.07, 6.45) is 3.04. The molecule has 0 bridgehead atoms. The van der Waals surface area contributed by atoms with E-state index in [0.29, 0.717) is 11.7 Å². The molecule has 2 rings (SSSR count). The second-order valence-corrected chi connectivity index (χ2v) is 8.22. The maximum atomic E-state index is 11.9. The van der Waals surface area contributed by atoms with Crippen molar-refractivity contribution in [1.82, 2.24) is 16.2 Å². The maximum Gasteiger partial charge on any atom is 0.276 e. The number of thiophene rings is 1. The van der Waals surface area contributed by atoms with Crippen molar-refractivity contribution in [1.29, 1.82) is 0 Å². The quantitative estimate of drug-likeness (QED) is 0.332. The Kier molecular flexibility index (Phi) is 8.62. The van der Waals surface area contributed by atoms with Crippen LogP contribution in [0.5, 0.6) is 5.75 Å². The van der Waals surface area contributed by atoms with Gasteiger partial charge in [0.15, 0.2) is 11.7 Å². The molecule has 1 heterocycles. The Morgan fingerprint density at radius 1 is 1.29 bits per heavy atom. The summed E-state index contributed by atoms with van der Waals surface area (Å²) in [7, 11) is 0. The van der Waals surface area contributed by atoms with E-state index in [1.807, 2.05) is 35.7 Å². The number of hydrogen-bond acceptors (Lipinski definition) is 5. The fourth-order valence-corrected chi connectivity index (χ4v) is 3.31. The highest BCUT2D eigenvalue weighted by molar-refractivity contribution is 9.10. The average molecular weight is 482 g/mol. The summed E-state index contributed by atoms with van der Waals surface area (Å²) in [6.45, 7) is 3.99. The number of ether oxygens (including phenoxy) is 1. The van der Waals surface area contributed by atoms with Crippen LogP contribution >= 0.6 is 39.5 Å². The predicted octanol–water partition coefficient (Wildman–Crippen LogP) is 3.75. The highest BCUT2D eigenvalue weighted by Gasteiger charge is 2.09. The second-order valence-electron chi connectivity index (χ2n) is 5.97. The van der Waals surface area contributed by atoms with Gasteiger partial charge in [0.1, 0.15) is 5.75 Å². The normalized spacial score (nSPS) is 10.7. The number of thiocarbonyl (C=S) groups is 1. The van der Waals surface area contributed by atoms with E-state index < -0.39 is 11.8 Å². The van der Waals surface area contributed by atoms with Crippen LogP contribution in [-0.2, 0) is 9.59 Å². The third kappa shape index (κ3) is 7.41. The zero-order valence-electron chi connectivity index (χ0n) is 15.3. The lowest BCUT2D eigenvalue weighted by Gasteiger charge is -2.12. The molecule has 0 unspecified atom stereocenters. The Labute approximate surface area is 181 Å². The number of carbonyl (C=O) groups is 2. The van der Waals surface area contributed by atoms with Crippen molar-refractivity contribution in [3.63, 3.8) is 0 Å². The predicted molar refractivity (Wildman–Crippen MR) is 119 cm³/mol. The van der Waals surface area contributed by atoms with Gasteiger partial charge >= 0.3 is 0 Å². The summed E-state index contributed by atoms with van der Waals surface area (Å²) in [4.78, 5) is 24.6. The molecule has 28 heavy (non-hydrogen) atoms. The van der Waals surface area contributed by atoms with E-state index in [9.17, 15) is 9.59 Å². The lowest BCUT2D eigenvalue weighted by Crippen LogP contribution is -2.49. The first-order valence-electron chi connectivity index (χ1n) is 8.38. The zero-order chi connectivity index (χ0) is 20.5. The van der Waals surface area contributed by atoms with Gasteiger partial charge in [0.2, 0.25) is 5.91 Å². The minimum absolute atomic E-state index is 0.0170. The van der Waals surface area contributed by atoms with Crippen molar-refractivity contribution in [2.45, 2.75) is 19.8 Å². The summed E-state index contributed by atoms with van der Waals surface area (Å²) in [6, 6.07) is 9.51. The SMILES string of the molecule is CC(C)c1ccc(OCC(=O)NNC(=S)NC(=O)/C=C/c2cccs2)c(Br)c1. The number of amides is 2. The van der Waals surface area contributed by atoms with Crippen LogP contribution in [0.4, 0.5) is 0 Å². The van der Waals surface area contributed by atoms with E-state index in [-0.39, 0.29) is 11.7 Å². The molecule has 0 radical (unpaired) electrons. The second kappa shape index (κ2) is 10.9. The van der Waals surface area contributed by atoms with E-state index >= 15 is 0 Å². The summed E-state index contributed by atoms with van der Waals surface area (Å²) in [5.41, 5.74) is 5.99. The molecule has 1 aromatic heterocycles. The van der Waals surface area contributed by atoms with Gasteiger partial charge in [0.05, 0.1) is 4.47 Å². The molecule has 9 heteroatoms. The first-order chi connectivity index (χ1) is 13.3. The van der Waals surface area contributed by atoms with Crippen molar-refractivity contribution in [3.8, 4) is 5.75 Å². The molecule has 3 N–H and O–H groups in total. The van der Waals surface area contributed by atoms with E-state index in [1.165, 1.54) is 23.0 Å². The molecule has 2 aromatic rings. The lowest BCUT2D eigenvalue weighted by atomic mass is 10.0. The number of halogens is 1. The molecular formula is C19H20BrN3O3S2. The topological polar surface area (TPSA) is 79.5 Å². The lowest BCUT2D eigenvalue weighted by molar-refractivity contribution is -0.123. The monoisotopic (exact) mass is 481 g/mol. The standard InChI is InChI=1S/C19H20BrN3O3S2/c1-12(2)13-5-7-16(15(20)10-13)26-11-18(25)22-23-19(27)21-17(24)8-6-14-4-3-9-28-14/h3-10,12H,11H2,1-2H3,(H,22,25)(H2,21,23,24,27)/b8-6+. The van der Waals surface area contributed by atoms with Crippen molar-refractivity contribution < 1.29 is 14.3 Å². The van der Waals surface area contributed by atoms with E-state index in [2.05, 4.69) is 45.9 Å². The first-order valence-corrected chi connectivity index (χ1v) is 10.5. The molecule has 0 atom stereocenters. The number of nitrogens with one attached hydrogen (secondary N) is 3. The molecular weight excluding hydrogens is 462 g/mol. The van der Waals surface area contributed by atoms with Gasteiger partial charge in [-0.3, -0.25) is 25.8 Å². The highest BCUT2D eigenvalue weighted by Crippen LogP contribution is 2.28. The van der Waals surface area contributed by atoms with E-state index in [0.717, 1.165) is 9.35 Å². The Balaban J connectivity index is 1.71. The van der Waals surface area contributed by atoms with Gasteiger partial charge in [-0.1, -0.05) is 26.0 Å². The van der Waals surface area contributed by atoms with Gasteiger partial charge < -0.3 is 4.74 Å². The third-order valence-electron chi connectivity index (χ3n) is 3.48. The van der Waals surface area contributed by atoms with Crippen molar-refractivity contribution in [2.24, 2.45) is 0 Å². The molecule has 6 nitrogen and oxygen atoms in total. The van der Waals surface area contributed by atoms with Crippen LogP contribution in [0.1, 0.15) is 30.2 Å². The molecule has 0 saturated carbocycles. The highest BCUT2D eigenvalue weighted by atomic mass is 79.9. The Hall–Kier alpha value is -2.23. The summed E-state index contributed by atoms with van der Waals surface area (Å²) < 4.78 is 6.26. The Morgan fingerprint density at radius 3 is 2.71 bits per heavy atom. The first kappa shape index (κ1) is 22.1. The van der Waals surface area contributed by atoms with Crippen molar-refractivity contribution in [2.75, 3.05) is 6.61 Å². The van der Waals surface area contributed by atoms with Gasteiger partial charge in [-0.05, 0) is 69.3 Å². The van der Waals surface area contributed by atoms with Crippen LogP contribution in [0.15, 0.2) is 46.3 Å². The maximum absolute atomic E-state index is 11.9. The molecule has 1 aromatic carbocycles. The van der Waals surface area contributed by atoms with Crippen molar-refractivity contribution >= 4 is 62.5 Å². The van der Waals surface area contributed by atoms with Crippen LogP contribution in [0.25, 0.3) is 6.08 Å². The smallest absolute Gasteiger partial charge is 0.276 e. The number of hydrogen-bond donors (Lipinski definition) is 3. The van der Waals surface area contributed by atoms with E-state index in [1.54, 1.807) is 6.08 Å². The molecule has 2 amide bonds. The molecule has 0 spiro atoms. The average Bonchev–Trinajstić information content (AvgIpc) is 3.17.